The second-order valence-electron chi connectivity index (χ2n) is 7.91. The number of rotatable bonds is 3. The molecule has 0 unspecified atom stereocenters. The van der Waals surface area contributed by atoms with Crippen LogP contribution in [0.2, 0.25) is 0 Å². The summed E-state index contributed by atoms with van der Waals surface area (Å²) in [6, 6.07) is 17.9. The summed E-state index contributed by atoms with van der Waals surface area (Å²) in [5, 5.41) is 12.3. The van der Waals surface area contributed by atoms with Gasteiger partial charge in [-0.3, -0.25) is 4.40 Å². The van der Waals surface area contributed by atoms with E-state index in [1.807, 2.05) is 43.5 Å². The Kier molecular flexibility index (Phi) is 8.78. The van der Waals surface area contributed by atoms with Crippen LogP contribution in [0.1, 0.15) is 43.5 Å². The van der Waals surface area contributed by atoms with Crippen molar-refractivity contribution in [3.05, 3.63) is 71.5 Å². The van der Waals surface area contributed by atoms with E-state index in [0.717, 1.165) is 28.2 Å². The number of methoxy groups -OCH3 is 1. The second kappa shape index (κ2) is 12.0. The molecule has 4 aromatic rings. The molecule has 6 nitrogen and oxygen atoms in total. The first-order chi connectivity index (χ1) is 16.6. The summed E-state index contributed by atoms with van der Waals surface area (Å²) in [4.78, 5) is 9.35. The van der Waals surface area contributed by atoms with E-state index >= 15 is 0 Å². The quantitative estimate of drug-likeness (QED) is 0.413. The number of hydrogen-bond donors (Lipinski definition) is 1. The molecule has 2 aromatic heterocycles. The molecular formula is C28H33N5O. The van der Waals surface area contributed by atoms with Gasteiger partial charge in [0.1, 0.15) is 0 Å². The van der Waals surface area contributed by atoms with Crippen LogP contribution in [0.4, 0.5) is 0 Å². The number of fused-ring (bicyclic) bond motifs is 1. The van der Waals surface area contributed by atoms with Crippen molar-refractivity contribution < 1.29 is 4.74 Å². The van der Waals surface area contributed by atoms with Gasteiger partial charge >= 0.3 is 0 Å². The van der Waals surface area contributed by atoms with E-state index in [0.29, 0.717) is 17.1 Å². The van der Waals surface area contributed by atoms with Crippen LogP contribution in [0.25, 0.3) is 28.2 Å². The molecule has 1 aliphatic heterocycles. The minimum atomic E-state index is 0.471. The van der Waals surface area contributed by atoms with E-state index in [-0.39, 0.29) is 0 Å². The molecule has 3 heterocycles. The Bertz CT molecular complexity index is 1240. The fourth-order valence-electron chi connectivity index (χ4n) is 3.79. The molecule has 0 atom stereocenters. The molecule has 6 heteroatoms. The first-order valence-corrected chi connectivity index (χ1v) is 11.8. The Balaban J connectivity index is 0.000000404. The second-order valence-corrected chi connectivity index (χ2v) is 7.91. The first-order valence-electron chi connectivity index (χ1n) is 11.8. The van der Waals surface area contributed by atoms with Gasteiger partial charge in [0.25, 0.3) is 5.88 Å². The number of nitriles is 1. The molecule has 1 aliphatic rings. The molecule has 0 spiro atoms. The number of nitrogens with one attached hydrogen (secondary N) is 1. The summed E-state index contributed by atoms with van der Waals surface area (Å²) in [6.07, 6.45) is 4.77. The fourth-order valence-corrected chi connectivity index (χ4v) is 3.79. The molecule has 176 valence electrons. The highest BCUT2D eigenvalue weighted by Crippen LogP contribution is 2.35. The van der Waals surface area contributed by atoms with Crippen LogP contribution >= 0.6 is 0 Å². The summed E-state index contributed by atoms with van der Waals surface area (Å²) in [5.41, 5.74) is 7.05. The van der Waals surface area contributed by atoms with Crippen LogP contribution in [0, 0.1) is 25.2 Å². The van der Waals surface area contributed by atoms with Crippen LogP contribution < -0.4 is 10.1 Å². The summed E-state index contributed by atoms with van der Waals surface area (Å²) >= 11 is 0. The summed E-state index contributed by atoms with van der Waals surface area (Å²) < 4.78 is 7.54. The fraction of sp³-hybridized carbons (Fsp3) is 0.321. The smallest absolute Gasteiger partial charge is 0.258 e. The van der Waals surface area contributed by atoms with Gasteiger partial charge in [0, 0.05) is 17.3 Å². The van der Waals surface area contributed by atoms with Crippen LogP contribution in [0.3, 0.4) is 0 Å². The number of nitrogens with zero attached hydrogens (tertiary/aromatic N) is 4. The van der Waals surface area contributed by atoms with Gasteiger partial charge in [-0.05, 0) is 51.9 Å². The van der Waals surface area contributed by atoms with E-state index in [4.69, 9.17) is 15.0 Å². The Morgan fingerprint density at radius 1 is 0.912 bits per heavy atom. The summed E-state index contributed by atoms with van der Waals surface area (Å²) in [7, 11) is 1.60. The van der Waals surface area contributed by atoms with Crippen molar-refractivity contribution in [2.24, 2.45) is 0 Å². The maximum atomic E-state index is 9.09. The topological polar surface area (TPSA) is 75.2 Å². The van der Waals surface area contributed by atoms with Crippen molar-refractivity contribution in [3.8, 4) is 34.5 Å². The van der Waals surface area contributed by atoms with Crippen LogP contribution in [-0.4, -0.2) is 34.6 Å². The Morgan fingerprint density at radius 3 is 2.06 bits per heavy atom. The molecule has 0 aliphatic carbocycles. The third-order valence-electron chi connectivity index (χ3n) is 5.46. The lowest BCUT2D eigenvalue weighted by atomic mass is 10.0. The van der Waals surface area contributed by atoms with Crippen molar-refractivity contribution >= 4 is 5.65 Å². The third kappa shape index (κ3) is 5.62. The zero-order valence-corrected chi connectivity index (χ0v) is 20.7. The first kappa shape index (κ1) is 24.9. The molecule has 0 saturated carbocycles. The summed E-state index contributed by atoms with van der Waals surface area (Å²) in [6.45, 7) is 10.5. The van der Waals surface area contributed by atoms with E-state index < -0.39 is 0 Å². The predicted octanol–water partition coefficient (Wildman–Crippen LogP) is 5.96. The lowest BCUT2D eigenvalue weighted by Crippen LogP contribution is -2.03. The maximum Gasteiger partial charge on any atom is 0.258 e. The van der Waals surface area contributed by atoms with Crippen molar-refractivity contribution in [2.75, 3.05) is 20.2 Å². The molecule has 2 aromatic carbocycles. The van der Waals surface area contributed by atoms with E-state index in [1.165, 1.54) is 31.5 Å². The Hall–Kier alpha value is -3.69. The zero-order chi connectivity index (χ0) is 24.5. The van der Waals surface area contributed by atoms with Gasteiger partial charge in [0.05, 0.1) is 35.8 Å². The average Bonchev–Trinajstić information content (AvgIpc) is 3.58. The largest absolute Gasteiger partial charge is 0.478 e. The average molecular weight is 456 g/mol. The SMILES string of the molecule is C1CCNC1.CC.COc1nc(-c2ccc(C#N)cc2)c(-c2ccc(C)cc2)n2cc(C)nc12. The molecule has 5 rings (SSSR count). The lowest BCUT2D eigenvalue weighted by molar-refractivity contribution is 0.401. The highest BCUT2D eigenvalue weighted by atomic mass is 16.5. The minimum Gasteiger partial charge on any atom is -0.478 e. The normalized spacial score (nSPS) is 12.2. The highest BCUT2D eigenvalue weighted by Gasteiger charge is 2.19. The number of hydrogen-bond acceptors (Lipinski definition) is 5. The van der Waals surface area contributed by atoms with Crippen molar-refractivity contribution in [1.29, 1.82) is 5.26 Å². The van der Waals surface area contributed by atoms with Crippen molar-refractivity contribution in [3.63, 3.8) is 0 Å². The van der Waals surface area contributed by atoms with E-state index in [1.54, 1.807) is 19.2 Å². The Labute approximate surface area is 202 Å². The van der Waals surface area contributed by atoms with E-state index in [9.17, 15) is 0 Å². The number of ether oxygens (including phenoxy) is 1. The number of imidazole rings is 1. The van der Waals surface area contributed by atoms with Crippen molar-refractivity contribution in [1.82, 2.24) is 19.7 Å². The van der Waals surface area contributed by atoms with Gasteiger partial charge in [-0.1, -0.05) is 55.8 Å². The van der Waals surface area contributed by atoms with Crippen LogP contribution in [-0.2, 0) is 0 Å². The molecule has 1 saturated heterocycles. The standard InChI is InChI=1S/C22H18N4O.C4H9N.C2H6/c1-14-4-8-18(9-5-14)20-19(17-10-6-16(12-23)7-11-17)25-22(27-3)21-24-15(2)13-26(20)21;1-2-4-5-3-1;1-2/h4-11,13H,1-3H3;5H,1-4H2;1-2H3. The predicted molar refractivity (Wildman–Crippen MR) is 138 cm³/mol. The molecule has 0 radical (unpaired) electrons. The van der Waals surface area contributed by atoms with E-state index in [2.05, 4.69) is 47.6 Å². The number of aryl methyl sites for hydroxylation is 2. The molecule has 1 N–H and O–H groups in total. The summed E-state index contributed by atoms with van der Waals surface area (Å²) in [5.74, 6) is 0.471. The minimum absolute atomic E-state index is 0.471. The Morgan fingerprint density at radius 2 is 1.53 bits per heavy atom. The number of aromatic nitrogens is 3. The van der Waals surface area contributed by atoms with Gasteiger partial charge in [0.2, 0.25) is 5.65 Å². The van der Waals surface area contributed by atoms with Gasteiger partial charge in [0.15, 0.2) is 0 Å². The molecular weight excluding hydrogens is 422 g/mol. The van der Waals surface area contributed by atoms with Gasteiger partial charge in [-0.25, -0.2) is 9.97 Å². The van der Waals surface area contributed by atoms with Crippen LogP contribution in [0.15, 0.2) is 54.7 Å². The zero-order valence-electron chi connectivity index (χ0n) is 20.7. The molecule has 34 heavy (non-hydrogen) atoms. The highest BCUT2D eigenvalue weighted by molar-refractivity contribution is 5.81. The lowest BCUT2D eigenvalue weighted by Gasteiger charge is -2.14. The third-order valence-corrected chi connectivity index (χ3v) is 5.46. The van der Waals surface area contributed by atoms with Gasteiger partial charge in [-0.15, -0.1) is 0 Å². The monoisotopic (exact) mass is 455 g/mol. The number of benzene rings is 2. The van der Waals surface area contributed by atoms with Gasteiger partial charge < -0.3 is 10.1 Å². The maximum absolute atomic E-state index is 9.09. The van der Waals surface area contributed by atoms with Crippen LogP contribution in [0.5, 0.6) is 5.88 Å². The van der Waals surface area contributed by atoms with Gasteiger partial charge in [-0.2, -0.15) is 5.26 Å². The molecule has 1 fully saturated rings. The molecule has 0 amide bonds. The van der Waals surface area contributed by atoms with Crippen molar-refractivity contribution in [2.45, 2.75) is 40.5 Å². The molecule has 0 bridgehead atoms.